The van der Waals surface area contributed by atoms with E-state index in [1.807, 2.05) is 19.9 Å². The van der Waals surface area contributed by atoms with Gasteiger partial charge in [-0.3, -0.25) is 0 Å². The first-order valence-electron chi connectivity index (χ1n) is 16.7. The molecular formula is C38H31N7O10S2. The predicted molar refractivity (Wildman–Crippen MR) is 211 cm³/mol. The third kappa shape index (κ3) is 10.7. The number of nitrogens with zero attached hydrogens (tertiary/aromatic N) is 6. The van der Waals surface area contributed by atoms with Crippen molar-refractivity contribution in [3.63, 3.8) is 0 Å². The Morgan fingerprint density at radius 1 is 0.702 bits per heavy atom. The van der Waals surface area contributed by atoms with Gasteiger partial charge in [0.25, 0.3) is 0 Å². The summed E-state index contributed by atoms with van der Waals surface area (Å²) in [5.74, 6) is -0.869. The summed E-state index contributed by atoms with van der Waals surface area (Å²) in [5.41, 5.74) is 4.80. The third-order valence-corrected chi connectivity index (χ3v) is 9.04. The summed E-state index contributed by atoms with van der Waals surface area (Å²) < 4.78 is 15.0. The maximum absolute atomic E-state index is 11.4. The van der Waals surface area contributed by atoms with Crippen LogP contribution >= 0.6 is 24.1 Å². The van der Waals surface area contributed by atoms with E-state index >= 15 is 0 Å². The SMILES string of the molecule is CCOc1cc(N=Nc2c(SOOO)cc3ccc(Nc4ccc(C(=O)O)cc4)cc3c2O)ccc1N=Nc1ccc(N=Nc2cccc(SOOO)c2)cc1C. The maximum atomic E-state index is 11.4. The molecular weight excluding hydrogens is 779 g/mol. The number of carboxylic acids is 1. The molecule has 0 bridgehead atoms. The van der Waals surface area contributed by atoms with Gasteiger partial charge in [-0.15, -0.1) is 18.9 Å². The molecule has 6 rings (SSSR count). The number of nitrogens with one attached hydrogen (secondary N) is 1. The molecule has 0 amide bonds. The predicted octanol–water partition coefficient (Wildman–Crippen LogP) is 12.8. The highest BCUT2D eigenvalue weighted by atomic mass is 32.2. The van der Waals surface area contributed by atoms with E-state index in [2.05, 4.69) is 54.7 Å². The molecule has 6 aromatic rings. The molecule has 57 heavy (non-hydrogen) atoms. The van der Waals surface area contributed by atoms with Crippen LogP contribution in [0.2, 0.25) is 0 Å². The molecule has 5 N–H and O–H groups in total. The van der Waals surface area contributed by atoms with Gasteiger partial charge in [0.2, 0.25) is 0 Å². The summed E-state index contributed by atoms with van der Waals surface area (Å²) in [6.07, 6.45) is 0. The van der Waals surface area contributed by atoms with Gasteiger partial charge in [-0.2, -0.15) is 20.5 Å². The standard InChI is InChI=1S/C38H31N7O10S2/c1-3-51-34-21-29(14-16-33(34)44-43-32-15-13-28(17-22(32)2)41-40-27-5-4-6-30(19-27)56-54-52-49)42-45-36-35(57-55-53-50)18-24-9-12-26(20-31(24)37(36)46)39-25-10-7-23(8-11-25)38(47)48/h4-21,39,46,49-50H,3H2,1-2H3,(H,47,48). The number of carbonyl (C=O) groups is 1. The van der Waals surface area contributed by atoms with Gasteiger partial charge < -0.3 is 20.3 Å². The first-order chi connectivity index (χ1) is 27.7. The van der Waals surface area contributed by atoms with Crippen LogP contribution in [0.5, 0.6) is 11.5 Å². The maximum Gasteiger partial charge on any atom is 0.335 e. The molecule has 290 valence electrons. The minimum absolute atomic E-state index is 0.0305. The zero-order chi connectivity index (χ0) is 40.1. The molecule has 0 aromatic heterocycles. The highest BCUT2D eigenvalue weighted by Crippen LogP contribution is 2.45. The molecule has 0 aliphatic heterocycles. The quantitative estimate of drug-likeness (QED) is 0.0250. The van der Waals surface area contributed by atoms with Crippen molar-refractivity contribution in [3.8, 4) is 11.5 Å². The second-order valence-corrected chi connectivity index (χ2v) is 13.1. The van der Waals surface area contributed by atoms with E-state index in [0.717, 1.165) is 17.6 Å². The van der Waals surface area contributed by atoms with Crippen LogP contribution in [0.1, 0.15) is 22.8 Å². The monoisotopic (exact) mass is 809 g/mol. The molecule has 17 nitrogen and oxygen atoms in total. The van der Waals surface area contributed by atoms with Gasteiger partial charge in [-0.05, 0) is 116 Å². The van der Waals surface area contributed by atoms with E-state index in [1.165, 1.54) is 12.1 Å². The van der Waals surface area contributed by atoms with Gasteiger partial charge in [0, 0.05) is 27.7 Å². The highest BCUT2D eigenvalue weighted by molar-refractivity contribution is 7.94. The Morgan fingerprint density at radius 2 is 1.37 bits per heavy atom. The van der Waals surface area contributed by atoms with Gasteiger partial charge in [0.1, 0.15) is 17.1 Å². The van der Waals surface area contributed by atoms with Crippen molar-refractivity contribution in [1.29, 1.82) is 0 Å². The number of aromatic hydroxyl groups is 1. The molecule has 0 radical (unpaired) electrons. The van der Waals surface area contributed by atoms with Crippen molar-refractivity contribution < 1.29 is 49.0 Å². The number of aryl methyl sites for hydroxylation is 1. The van der Waals surface area contributed by atoms with Crippen molar-refractivity contribution in [2.45, 2.75) is 23.6 Å². The molecule has 0 heterocycles. The van der Waals surface area contributed by atoms with E-state index < -0.39 is 5.97 Å². The Kier molecular flexibility index (Phi) is 13.8. The van der Waals surface area contributed by atoms with Crippen LogP contribution in [-0.2, 0) is 18.7 Å². The molecule has 0 spiro atoms. The molecule has 0 saturated heterocycles. The fraction of sp³-hybridized carbons (Fsp3) is 0.0789. The minimum atomic E-state index is -1.03. The number of aromatic carboxylic acids is 1. The van der Waals surface area contributed by atoms with E-state index in [0.29, 0.717) is 79.9 Å². The van der Waals surface area contributed by atoms with Crippen LogP contribution in [0.3, 0.4) is 0 Å². The number of phenolic OH excluding ortho intramolecular Hbond substituents is 1. The van der Waals surface area contributed by atoms with Crippen LogP contribution in [0.4, 0.5) is 45.5 Å². The van der Waals surface area contributed by atoms with Gasteiger partial charge in [-0.1, -0.05) is 22.2 Å². The first-order valence-corrected chi connectivity index (χ1v) is 18.2. The summed E-state index contributed by atoms with van der Waals surface area (Å²) in [7, 11) is 0. The van der Waals surface area contributed by atoms with Crippen LogP contribution in [-0.4, -0.2) is 33.3 Å². The third-order valence-electron chi connectivity index (χ3n) is 7.84. The summed E-state index contributed by atoms with van der Waals surface area (Å²) >= 11 is 1.44. The number of rotatable bonds is 17. The molecule has 0 unspecified atom stereocenters. The lowest BCUT2D eigenvalue weighted by molar-refractivity contribution is -0.432. The zero-order valence-corrected chi connectivity index (χ0v) is 31.5. The average molecular weight is 810 g/mol. The summed E-state index contributed by atoms with van der Waals surface area (Å²) in [5, 5.41) is 75.5. The van der Waals surface area contributed by atoms with Crippen molar-refractivity contribution >= 4 is 86.3 Å². The summed E-state index contributed by atoms with van der Waals surface area (Å²) in [4.78, 5) is 12.2. The Bertz CT molecular complexity index is 2470. The molecule has 0 aliphatic carbocycles. The summed E-state index contributed by atoms with van der Waals surface area (Å²) in [6, 6.07) is 30.4. The average Bonchev–Trinajstić information content (AvgIpc) is 3.22. The number of hydrogen-bond donors (Lipinski definition) is 5. The van der Waals surface area contributed by atoms with Crippen molar-refractivity contribution in [2.75, 3.05) is 11.9 Å². The number of carboxylic acid groups (broad SMARTS) is 1. The van der Waals surface area contributed by atoms with E-state index in [9.17, 15) is 15.0 Å². The van der Waals surface area contributed by atoms with E-state index in [4.69, 9.17) is 15.3 Å². The number of anilines is 2. The van der Waals surface area contributed by atoms with Crippen LogP contribution in [0, 0.1) is 6.92 Å². The normalized spacial score (nSPS) is 11.6. The number of phenols is 1. The van der Waals surface area contributed by atoms with Gasteiger partial charge in [-0.25, -0.2) is 15.3 Å². The lowest BCUT2D eigenvalue weighted by Gasteiger charge is -2.12. The Labute approximate surface area is 332 Å². The molecule has 0 aliphatic rings. The van der Waals surface area contributed by atoms with E-state index in [-0.39, 0.29) is 21.9 Å². The zero-order valence-electron chi connectivity index (χ0n) is 29.8. The van der Waals surface area contributed by atoms with Crippen molar-refractivity contribution in [1.82, 2.24) is 0 Å². The lowest BCUT2D eigenvalue weighted by Crippen LogP contribution is -1.96. The minimum Gasteiger partial charge on any atom is -0.505 e. The van der Waals surface area contributed by atoms with Crippen LogP contribution < -0.4 is 10.1 Å². The molecule has 19 heteroatoms. The largest absolute Gasteiger partial charge is 0.505 e. The fourth-order valence-corrected chi connectivity index (χ4v) is 6.12. The number of ether oxygens (including phenoxy) is 1. The lowest BCUT2D eigenvalue weighted by atomic mass is 10.1. The van der Waals surface area contributed by atoms with Gasteiger partial charge >= 0.3 is 5.97 Å². The Hall–Kier alpha value is -6.29. The smallest absolute Gasteiger partial charge is 0.335 e. The molecule has 0 fully saturated rings. The first kappa shape index (κ1) is 40.4. The number of hydrogen-bond acceptors (Lipinski definition) is 18. The van der Waals surface area contributed by atoms with Crippen LogP contribution in [0.25, 0.3) is 10.8 Å². The molecule has 0 saturated carbocycles. The Balaban J connectivity index is 1.21. The van der Waals surface area contributed by atoms with E-state index in [1.54, 1.807) is 91.0 Å². The fourth-order valence-electron chi connectivity index (χ4n) is 5.21. The number of fused-ring (bicyclic) bond motifs is 1. The number of azo groups is 3. The molecule has 6 aromatic carbocycles. The van der Waals surface area contributed by atoms with Crippen LogP contribution in [0.15, 0.2) is 150 Å². The van der Waals surface area contributed by atoms with Crippen molar-refractivity contribution in [2.24, 2.45) is 30.7 Å². The Morgan fingerprint density at radius 3 is 2.09 bits per heavy atom. The van der Waals surface area contributed by atoms with Crippen molar-refractivity contribution in [3.05, 3.63) is 120 Å². The summed E-state index contributed by atoms with van der Waals surface area (Å²) in [6.45, 7) is 4.03. The number of benzene rings is 6. The topological polar surface area (TPSA) is 230 Å². The van der Waals surface area contributed by atoms with Gasteiger partial charge in [0.05, 0.1) is 63.9 Å². The second kappa shape index (κ2) is 19.5. The second-order valence-electron chi connectivity index (χ2n) is 11.6. The van der Waals surface area contributed by atoms with Gasteiger partial charge in [0.15, 0.2) is 5.75 Å². The highest BCUT2D eigenvalue weighted by Gasteiger charge is 2.16. The molecule has 0 atom stereocenters.